The van der Waals surface area contributed by atoms with E-state index in [0.29, 0.717) is 25.7 Å². The van der Waals surface area contributed by atoms with Crippen LogP contribution in [0.1, 0.15) is 31.5 Å². The molecule has 0 radical (unpaired) electrons. The Morgan fingerprint density at radius 1 is 0.967 bits per heavy atom. The number of aromatic nitrogens is 2. The van der Waals surface area contributed by atoms with Gasteiger partial charge in [0, 0.05) is 23.5 Å². The van der Waals surface area contributed by atoms with Gasteiger partial charge in [0.05, 0.1) is 13.3 Å². The van der Waals surface area contributed by atoms with Crippen LogP contribution in [0.15, 0.2) is 59.4 Å². The summed E-state index contributed by atoms with van der Waals surface area (Å²) in [6.45, 7) is 8.29. The molecular weight excluding hydrogens is 376 g/mol. The number of rotatable bonds is 6. The second-order valence-electron chi connectivity index (χ2n) is 7.58. The maximum absolute atomic E-state index is 13.1. The molecule has 156 valence electrons. The normalized spacial score (nSPS) is 13.9. The lowest BCUT2D eigenvalue weighted by Gasteiger charge is -2.38. The van der Waals surface area contributed by atoms with E-state index in [4.69, 9.17) is 9.72 Å². The van der Waals surface area contributed by atoms with E-state index in [1.54, 1.807) is 4.57 Å². The van der Waals surface area contributed by atoms with Gasteiger partial charge in [-0.05, 0) is 56.2 Å². The molecule has 30 heavy (non-hydrogen) atoms. The highest BCUT2D eigenvalue weighted by Gasteiger charge is 2.27. The lowest BCUT2D eigenvalue weighted by atomic mass is 10.2. The first-order valence-corrected chi connectivity index (χ1v) is 10.5. The first kappa shape index (κ1) is 20.2. The zero-order valence-corrected chi connectivity index (χ0v) is 17.8. The Hall–Kier alpha value is -3.12. The number of hydrogen-bond acceptors (Lipinski definition) is 5. The Morgan fingerprint density at radius 2 is 1.67 bits per heavy atom. The summed E-state index contributed by atoms with van der Waals surface area (Å²) in [5, 5.41) is 0. The van der Waals surface area contributed by atoms with Gasteiger partial charge in [0.15, 0.2) is 0 Å². The molecule has 2 heterocycles. The summed E-state index contributed by atoms with van der Waals surface area (Å²) in [7, 11) is 0. The summed E-state index contributed by atoms with van der Waals surface area (Å²) in [5.41, 5.74) is 2.66. The van der Waals surface area contributed by atoms with Crippen LogP contribution >= 0.6 is 0 Å². The second-order valence-corrected chi connectivity index (χ2v) is 7.58. The fourth-order valence-corrected chi connectivity index (χ4v) is 3.91. The third-order valence-corrected chi connectivity index (χ3v) is 5.39. The number of para-hydroxylation sites is 1. The highest BCUT2D eigenvalue weighted by molar-refractivity contribution is 5.59. The van der Waals surface area contributed by atoms with Crippen LogP contribution in [0, 0.1) is 6.92 Å². The average Bonchev–Trinajstić information content (AvgIpc) is 2.76. The molecule has 3 aromatic rings. The minimum Gasteiger partial charge on any atom is -0.457 e. The standard InChI is InChI=1S/C24H28N4O2/c1-4-15-26-16-27(24-25-18(3)22(5-2)23(29)28(24)17-26)19-11-13-21(14-12-19)30-20-9-7-6-8-10-20/h6-14H,4-5,15-17H2,1-3H3. The molecule has 1 aromatic heterocycles. The third-order valence-electron chi connectivity index (χ3n) is 5.39. The minimum atomic E-state index is 0.0647. The van der Waals surface area contributed by atoms with Crippen LogP contribution in [0.3, 0.4) is 0 Å². The molecule has 0 saturated heterocycles. The van der Waals surface area contributed by atoms with Crippen LogP contribution in [0.5, 0.6) is 11.5 Å². The van der Waals surface area contributed by atoms with Crippen LogP contribution in [-0.2, 0) is 13.1 Å². The van der Waals surface area contributed by atoms with Crippen molar-refractivity contribution in [2.75, 3.05) is 18.1 Å². The van der Waals surface area contributed by atoms with E-state index in [1.807, 2.05) is 68.4 Å². The lowest BCUT2D eigenvalue weighted by Crippen LogP contribution is -2.48. The van der Waals surface area contributed by atoms with Gasteiger partial charge in [-0.25, -0.2) is 4.98 Å². The molecule has 0 aliphatic carbocycles. The van der Waals surface area contributed by atoms with E-state index >= 15 is 0 Å². The Bertz CT molecular complexity index is 1060. The van der Waals surface area contributed by atoms with Crippen molar-refractivity contribution in [2.45, 2.75) is 40.3 Å². The van der Waals surface area contributed by atoms with Gasteiger partial charge in [0.1, 0.15) is 11.5 Å². The minimum absolute atomic E-state index is 0.0647. The summed E-state index contributed by atoms with van der Waals surface area (Å²) in [4.78, 5) is 22.3. The first-order chi connectivity index (χ1) is 14.6. The van der Waals surface area contributed by atoms with Crippen molar-refractivity contribution in [2.24, 2.45) is 0 Å². The SMILES string of the molecule is CCCN1CN(c2ccc(Oc3ccccc3)cc2)c2nc(C)c(CC)c(=O)n2C1. The lowest BCUT2D eigenvalue weighted by molar-refractivity contribution is 0.198. The van der Waals surface area contributed by atoms with Crippen molar-refractivity contribution in [3.05, 3.63) is 76.2 Å². The van der Waals surface area contributed by atoms with Crippen LogP contribution in [0.4, 0.5) is 11.6 Å². The fraction of sp³-hybridized carbons (Fsp3) is 0.333. The van der Waals surface area contributed by atoms with Crippen molar-refractivity contribution in [1.82, 2.24) is 14.5 Å². The summed E-state index contributed by atoms with van der Waals surface area (Å²) >= 11 is 0. The molecule has 6 nitrogen and oxygen atoms in total. The molecule has 0 atom stereocenters. The number of benzene rings is 2. The van der Waals surface area contributed by atoms with Gasteiger partial charge in [0.25, 0.3) is 5.56 Å². The van der Waals surface area contributed by atoms with Gasteiger partial charge >= 0.3 is 0 Å². The molecule has 1 aliphatic heterocycles. The molecule has 4 rings (SSSR count). The molecule has 0 amide bonds. The van der Waals surface area contributed by atoms with E-state index in [9.17, 15) is 4.79 Å². The Morgan fingerprint density at radius 3 is 2.33 bits per heavy atom. The zero-order valence-electron chi connectivity index (χ0n) is 17.8. The number of fused-ring (bicyclic) bond motifs is 1. The first-order valence-electron chi connectivity index (χ1n) is 10.5. The average molecular weight is 405 g/mol. The maximum atomic E-state index is 13.1. The predicted octanol–water partition coefficient (Wildman–Crippen LogP) is 4.69. The molecular formula is C24H28N4O2. The Balaban J connectivity index is 1.69. The van der Waals surface area contributed by atoms with Gasteiger partial charge in [0.2, 0.25) is 5.95 Å². The van der Waals surface area contributed by atoms with Gasteiger partial charge in [-0.15, -0.1) is 0 Å². The number of nitrogens with zero attached hydrogens (tertiary/aromatic N) is 4. The van der Waals surface area contributed by atoms with E-state index in [1.165, 1.54) is 0 Å². The van der Waals surface area contributed by atoms with Crippen LogP contribution < -0.4 is 15.2 Å². The van der Waals surface area contributed by atoms with E-state index < -0.39 is 0 Å². The number of anilines is 2. The molecule has 0 unspecified atom stereocenters. The highest BCUT2D eigenvalue weighted by atomic mass is 16.5. The summed E-state index contributed by atoms with van der Waals surface area (Å²) in [6.07, 6.45) is 1.72. The largest absolute Gasteiger partial charge is 0.457 e. The third kappa shape index (κ3) is 3.96. The smallest absolute Gasteiger partial charge is 0.259 e. The molecule has 0 bridgehead atoms. The van der Waals surface area contributed by atoms with E-state index in [-0.39, 0.29) is 5.56 Å². The number of aryl methyl sites for hydroxylation is 1. The number of hydrogen-bond donors (Lipinski definition) is 0. The molecule has 1 aliphatic rings. The molecule has 6 heteroatoms. The van der Waals surface area contributed by atoms with Crippen LogP contribution in [-0.4, -0.2) is 27.7 Å². The molecule has 0 saturated carbocycles. The fourth-order valence-electron chi connectivity index (χ4n) is 3.91. The molecule has 0 N–H and O–H groups in total. The Labute approximate surface area is 177 Å². The predicted molar refractivity (Wildman–Crippen MR) is 120 cm³/mol. The summed E-state index contributed by atoms with van der Waals surface area (Å²) in [6, 6.07) is 17.7. The van der Waals surface area contributed by atoms with Gasteiger partial charge in [-0.3, -0.25) is 19.2 Å². The van der Waals surface area contributed by atoms with Crippen LogP contribution in [0.2, 0.25) is 0 Å². The molecule has 0 spiro atoms. The zero-order chi connectivity index (χ0) is 21.1. The van der Waals surface area contributed by atoms with E-state index in [0.717, 1.165) is 41.4 Å². The van der Waals surface area contributed by atoms with Crippen molar-refractivity contribution in [1.29, 1.82) is 0 Å². The monoisotopic (exact) mass is 404 g/mol. The molecule has 0 fully saturated rings. The summed E-state index contributed by atoms with van der Waals surface area (Å²) < 4.78 is 7.72. The number of ether oxygens (including phenoxy) is 1. The highest BCUT2D eigenvalue weighted by Crippen LogP contribution is 2.30. The van der Waals surface area contributed by atoms with Crippen molar-refractivity contribution in [3.8, 4) is 11.5 Å². The van der Waals surface area contributed by atoms with Crippen LogP contribution in [0.25, 0.3) is 0 Å². The Kier molecular flexibility index (Phi) is 5.86. The van der Waals surface area contributed by atoms with Crippen molar-refractivity contribution >= 4 is 11.6 Å². The van der Waals surface area contributed by atoms with Crippen molar-refractivity contribution in [3.63, 3.8) is 0 Å². The van der Waals surface area contributed by atoms with Gasteiger partial charge < -0.3 is 4.74 Å². The molecule has 2 aromatic carbocycles. The van der Waals surface area contributed by atoms with Crippen molar-refractivity contribution < 1.29 is 4.74 Å². The topological polar surface area (TPSA) is 50.6 Å². The maximum Gasteiger partial charge on any atom is 0.259 e. The summed E-state index contributed by atoms with van der Waals surface area (Å²) in [5.74, 6) is 2.28. The second kappa shape index (κ2) is 8.71. The van der Waals surface area contributed by atoms with Gasteiger partial charge in [-0.2, -0.15) is 0 Å². The van der Waals surface area contributed by atoms with Gasteiger partial charge in [-0.1, -0.05) is 32.0 Å². The van der Waals surface area contributed by atoms with E-state index in [2.05, 4.69) is 16.7 Å². The quantitative estimate of drug-likeness (QED) is 0.597.